The minimum atomic E-state index is -4.21. The third-order valence-electron chi connectivity index (χ3n) is 7.36. The molecule has 10 nitrogen and oxygen atoms in total. The fraction of sp³-hybridized carbons (Fsp3) is 0.345. The molecular formula is C29H33N3O7S2. The Morgan fingerprint density at radius 1 is 0.878 bits per heavy atom. The summed E-state index contributed by atoms with van der Waals surface area (Å²) in [6.07, 6.45) is 3.78. The van der Waals surface area contributed by atoms with E-state index in [2.05, 4.69) is 10.0 Å². The normalized spacial score (nSPS) is 18.8. The lowest BCUT2D eigenvalue weighted by Gasteiger charge is -2.29. The number of anilines is 1. The Bertz CT molecular complexity index is 1600. The summed E-state index contributed by atoms with van der Waals surface area (Å²) in [4.78, 5) is 12.8. The largest absolute Gasteiger partial charge is 0.454 e. The number of hydrogen-bond acceptors (Lipinski definition) is 7. The van der Waals surface area contributed by atoms with Crippen LogP contribution in [0.3, 0.4) is 0 Å². The van der Waals surface area contributed by atoms with Gasteiger partial charge in [-0.1, -0.05) is 44.0 Å². The van der Waals surface area contributed by atoms with E-state index in [1.165, 1.54) is 24.3 Å². The van der Waals surface area contributed by atoms with Gasteiger partial charge in [-0.3, -0.25) is 4.79 Å². The summed E-state index contributed by atoms with van der Waals surface area (Å²) in [5.41, 5.74) is 1.13. The van der Waals surface area contributed by atoms with Crippen LogP contribution in [-0.4, -0.2) is 46.4 Å². The van der Waals surface area contributed by atoms with Gasteiger partial charge in [-0.05, 0) is 72.9 Å². The lowest BCUT2D eigenvalue weighted by molar-refractivity contribution is -0.116. The smallest absolute Gasteiger partial charge is 0.243 e. The number of rotatable bonds is 10. The van der Waals surface area contributed by atoms with Crippen molar-refractivity contribution in [3.8, 4) is 11.5 Å². The minimum Gasteiger partial charge on any atom is -0.454 e. The molecule has 2 N–H and O–H groups in total. The van der Waals surface area contributed by atoms with Crippen LogP contribution in [0.2, 0.25) is 0 Å². The molecule has 0 spiro atoms. The number of sulfonamides is 2. The van der Waals surface area contributed by atoms with E-state index in [0.29, 0.717) is 22.7 Å². The molecule has 12 heteroatoms. The van der Waals surface area contributed by atoms with E-state index >= 15 is 0 Å². The molecule has 1 saturated carbocycles. The van der Waals surface area contributed by atoms with Crippen LogP contribution in [0.1, 0.15) is 38.2 Å². The van der Waals surface area contributed by atoms with Crippen molar-refractivity contribution in [1.82, 2.24) is 9.03 Å². The number of benzene rings is 3. The fourth-order valence-electron chi connectivity index (χ4n) is 5.05. The van der Waals surface area contributed by atoms with Crippen molar-refractivity contribution in [2.45, 2.75) is 55.0 Å². The van der Waals surface area contributed by atoms with Gasteiger partial charge >= 0.3 is 0 Å². The molecule has 0 radical (unpaired) electrons. The number of ether oxygens (including phenoxy) is 2. The van der Waals surface area contributed by atoms with Gasteiger partial charge in [-0.15, -0.1) is 0 Å². The Balaban J connectivity index is 1.38. The molecular weight excluding hydrogens is 566 g/mol. The first kappa shape index (κ1) is 29.1. The van der Waals surface area contributed by atoms with Gasteiger partial charge in [0.25, 0.3) is 0 Å². The van der Waals surface area contributed by atoms with E-state index < -0.39 is 32.5 Å². The molecule has 218 valence electrons. The van der Waals surface area contributed by atoms with Crippen LogP contribution >= 0.6 is 0 Å². The Morgan fingerprint density at radius 3 is 2.29 bits per heavy atom. The molecule has 0 saturated heterocycles. The van der Waals surface area contributed by atoms with Gasteiger partial charge in [0.05, 0.1) is 16.3 Å². The Kier molecular flexibility index (Phi) is 8.64. The van der Waals surface area contributed by atoms with E-state index in [0.717, 1.165) is 30.0 Å². The predicted octanol–water partition coefficient (Wildman–Crippen LogP) is 4.10. The summed E-state index contributed by atoms with van der Waals surface area (Å²) in [5, 5.41) is 2.72. The van der Waals surface area contributed by atoms with Crippen molar-refractivity contribution in [1.29, 1.82) is 0 Å². The monoisotopic (exact) mass is 599 g/mol. The number of nitrogens with zero attached hydrogens (tertiary/aromatic N) is 1. The van der Waals surface area contributed by atoms with Gasteiger partial charge in [-0.25, -0.2) is 21.6 Å². The first-order valence-corrected chi connectivity index (χ1v) is 16.4. The van der Waals surface area contributed by atoms with Gasteiger partial charge in [0.1, 0.15) is 0 Å². The topological polar surface area (TPSA) is 131 Å². The van der Waals surface area contributed by atoms with E-state index in [1.54, 1.807) is 48.5 Å². The number of carbonyl (C=O) groups is 1. The van der Waals surface area contributed by atoms with Crippen molar-refractivity contribution < 1.29 is 31.1 Å². The lowest BCUT2D eigenvalue weighted by Crippen LogP contribution is -2.41. The number of nitrogens with one attached hydrogen (secondary N) is 2. The van der Waals surface area contributed by atoms with Gasteiger partial charge < -0.3 is 14.8 Å². The van der Waals surface area contributed by atoms with Gasteiger partial charge in [0.15, 0.2) is 11.5 Å². The molecule has 1 aliphatic carbocycles. The van der Waals surface area contributed by atoms with E-state index in [9.17, 15) is 21.6 Å². The highest BCUT2D eigenvalue weighted by molar-refractivity contribution is 7.89. The molecule has 2 unspecified atom stereocenters. The van der Waals surface area contributed by atoms with Crippen LogP contribution in [0.5, 0.6) is 11.5 Å². The Morgan fingerprint density at radius 2 is 1.56 bits per heavy atom. The summed E-state index contributed by atoms with van der Waals surface area (Å²) >= 11 is 0. The minimum absolute atomic E-state index is 0.0154. The maximum Gasteiger partial charge on any atom is 0.243 e. The van der Waals surface area contributed by atoms with Gasteiger partial charge in [0, 0.05) is 18.3 Å². The van der Waals surface area contributed by atoms with Crippen LogP contribution in [-0.2, 0) is 31.4 Å². The van der Waals surface area contributed by atoms with E-state index in [-0.39, 0.29) is 35.1 Å². The molecule has 1 amide bonds. The molecule has 1 aliphatic heterocycles. The second kappa shape index (κ2) is 12.2. The van der Waals surface area contributed by atoms with Crippen LogP contribution in [0.15, 0.2) is 82.6 Å². The van der Waals surface area contributed by atoms with Crippen molar-refractivity contribution >= 4 is 31.6 Å². The fourth-order valence-corrected chi connectivity index (χ4v) is 7.81. The molecule has 41 heavy (non-hydrogen) atoms. The van der Waals surface area contributed by atoms with Crippen LogP contribution in [0, 0.1) is 5.92 Å². The highest BCUT2D eigenvalue weighted by atomic mass is 32.2. The maximum atomic E-state index is 13.8. The SMILES string of the molecule is CC1CCCCC1NS(=O)(=O)c1ccc(S(=O)(=O)N(CC(=O)Nc2ccccc2)Cc2ccc3c(c2)OCO3)cc1. The van der Waals surface area contributed by atoms with Crippen molar-refractivity contribution in [2.24, 2.45) is 5.92 Å². The maximum absolute atomic E-state index is 13.8. The second-order valence-corrected chi connectivity index (χ2v) is 14.0. The van der Waals surface area contributed by atoms with E-state index in [1.807, 2.05) is 6.92 Å². The van der Waals surface area contributed by atoms with E-state index in [4.69, 9.17) is 9.47 Å². The van der Waals surface area contributed by atoms with Crippen LogP contribution in [0.4, 0.5) is 5.69 Å². The number of amides is 1. The number of carbonyl (C=O) groups excluding carboxylic acids is 1. The molecule has 1 heterocycles. The molecule has 5 rings (SSSR count). The van der Waals surface area contributed by atoms with Gasteiger partial charge in [0.2, 0.25) is 32.7 Å². The molecule has 0 bridgehead atoms. The number of fused-ring (bicyclic) bond motifs is 1. The molecule has 2 atom stereocenters. The average molecular weight is 600 g/mol. The second-order valence-electron chi connectivity index (χ2n) is 10.3. The zero-order valence-corrected chi connectivity index (χ0v) is 24.3. The third-order valence-corrected chi connectivity index (χ3v) is 10.7. The highest BCUT2D eigenvalue weighted by Gasteiger charge is 2.30. The predicted molar refractivity (Wildman–Crippen MR) is 153 cm³/mol. The Labute approximate surface area is 240 Å². The summed E-state index contributed by atoms with van der Waals surface area (Å²) in [6.45, 7) is 1.52. The average Bonchev–Trinajstić information content (AvgIpc) is 3.42. The molecule has 3 aromatic carbocycles. The summed E-state index contributed by atoms with van der Waals surface area (Å²) in [6, 6.07) is 18.7. The zero-order chi connectivity index (χ0) is 29.0. The zero-order valence-electron chi connectivity index (χ0n) is 22.7. The third kappa shape index (κ3) is 6.89. The van der Waals surface area contributed by atoms with Crippen molar-refractivity contribution in [2.75, 3.05) is 18.7 Å². The first-order valence-electron chi connectivity index (χ1n) is 13.5. The lowest BCUT2D eigenvalue weighted by atomic mass is 9.87. The number of para-hydroxylation sites is 1. The summed E-state index contributed by atoms with van der Waals surface area (Å²) in [7, 11) is -8.05. The summed E-state index contributed by atoms with van der Waals surface area (Å²) < 4.78 is 68.3. The quantitative estimate of drug-likeness (QED) is 0.359. The van der Waals surface area contributed by atoms with Crippen molar-refractivity contribution in [3.63, 3.8) is 0 Å². The molecule has 3 aromatic rings. The summed E-state index contributed by atoms with van der Waals surface area (Å²) in [5.74, 6) is 0.747. The molecule has 1 fully saturated rings. The molecule has 2 aliphatic rings. The van der Waals surface area contributed by atoms with Crippen LogP contribution < -0.4 is 19.5 Å². The first-order chi connectivity index (χ1) is 19.6. The van der Waals surface area contributed by atoms with Crippen molar-refractivity contribution in [3.05, 3.63) is 78.4 Å². The number of hydrogen-bond donors (Lipinski definition) is 2. The Hall–Kier alpha value is -3.45. The standard InChI is InChI=1S/C29H33N3O7S2/c1-21-7-5-6-10-26(21)31-40(34,35)24-12-14-25(15-13-24)41(36,37)32(19-29(33)30-23-8-3-2-4-9-23)18-22-11-16-27-28(17-22)39-20-38-27/h2-4,8-9,11-17,21,26,31H,5-7,10,18-20H2,1H3,(H,30,33). The van der Waals surface area contributed by atoms with Gasteiger partial charge in [-0.2, -0.15) is 4.31 Å². The highest BCUT2D eigenvalue weighted by Crippen LogP contribution is 2.33. The molecule has 0 aromatic heterocycles. The van der Waals surface area contributed by atoms with Crippen LogP contribution in [0.25, 0.3) is 0 Å².